The second-order valence-electron chi connectivity index (χ2n) is 7.33. The van der Waals surface area contributed by atoms with Gasteiger partial charge in [0.05, 0.1) is 6.26 Å². The summed E-state index contributed by atoms with van der Waals surface area (Å²) in [6.07, 6.45) is 7.63. The Morgan fingerprint density at radius 3 is 2.57 bits per heavy atom. The number of furan rings is 1. The number of anilines is 1. The molecule has 1 aliphatic rings. The summed E-state index contributed by atoms with van der Waals surface area (Å²) in [5.74, 6) is -0.213. The highest BCUT2D eigenvalue weighted by Gasteiger charge is 2.13. The summed E-state index contributed by atoms with van der Waals surface area (Å²) in [4.78, 5) is 27.2. The molecule has 0 aliphatic carbocycles. The molecule has 1 saturated heterocycles. The summed E-state index contributed by atoms with van der Waals surface area (Å²) in [6.45, 7) is 5.91. The molecular formula is C22H29N3O3. The second kappa shape index (κ2) is 10.1. The summed E-state index contributed by atoms with van der Waals surface area (Å²) in [6, 6.07) is 8.59. The van der Waals surface area contributed by atoms with Crippen LogP contribution in [0.25, 0.3) is 0 Å². The number of nitrogens with one attached hydrogen (secondary N) is 2. The maximum absolute atomic E-state index is 12.5. The van der Waals surface area contributed by atoms with E-state index in [1.807, 2.05) is 13.0 Å². The molecule has 2 amide bonds. The van der Waals surface area contributed by atoms with E-state index >= 15 is 0 Å². The summed E-state index contributed by atoms with van der Waals surface area (Å²) in [5, 5.41) is 5.79. The lowest BCUT2D eigenvalue weighted by Crippen LogP contribution is -2.30. The predicted molar refractivity (Wildman–Crippen MR) is 110 cm³/mol. The third-order valence-electron chi connectivity index (χ3n) is 5.13. The fourth-order valence-electron chi connectivity index (χ4n) is 3.46. The lowest BCUT2D eigenvalue weighted by Gasteiger charge is -2.19. The van der Waals surface area contributed by atoms with Crippen molar-refractivity contribution in [3.8, 4) is 0 Å². The molecular weight excluding hydrogens is 354 g/mol. The molecule has 6 heteroatoms. The summed E-state index contributed by atoms with van der Waals surface area (Å²) in [7, 11) is 0. The van der Waals surface area contributed by atoms with Crippen LogP contribution < -0.4 is 10.6 Å². The Bertz CT molecular complexity index is 778. The van der Waals surface area contributed by atoms with Crippen LogP contribution in [-0.2, 0) is 0 Å². The van der Waals surface area contributed by atoms with Crippen LogP contribution in [0.5, 0.6) is 0 Å². The zero-order valence-corrected chi connectivity index (χ0v) is 16.5. The number of amides is 2. The van der Waals surface area contributed by atoms with Gasteiger partial charge in [0.1, 0.15) is 0 Å². The Morgan fingerprint density at radius 2 is 1.86 bits per heavy atom. The summed E-state index contributed by atoms with van der Waals surface area (Å²) >= 11 is 0. The van der Waals surface area contributed by atoms with Gasteiger partial charge in [0.2, 0.25) is 0 Å². The molecule has 1 aliphatic heterocycles. The molecule has 28 heavy (non-hydrogen) atoms. The standard InChI is InChI=1S/C22H29N3O3/c1-17-9-10-18(16-19(17)24-22(27)20-8-6-15-28-20)21(26)23-11-7-14-25-12-4-2-3-5-13-25/h6,8-10,15-16H,2-5,7,11-14H2,1H3,(H,23,26)(H,24,27). The minimum absolute atomic E-state index is 0.121. The van der Waals surface area contributed by atoms with Gasteiger partial charge < -0.3 is 20.0 Å². The molecule has 1 aromatic carbocycles. The minimum Gasteiger partial charge on any atom is -0.459 e. The number of nitrogens with zero attached hydrogens (tertiary/aromatic N) is 1. The van der Waals surface area contributed by atoms with Gasteiger partial charge >= 0.3 is 0 Å². The van der Waals surface area contributed by atoms with E-state index in [1.165, 1.54) is 45.0 Å². The van der Waals surface area contributed by atoms with Crippen molar-refractivity contribution in [2.75, 3.05) is 31.5 Å². The van der Waals surface area contributed by atoms with Gasteiger partial charge in [0.25, 0.3) is 11.8 Å². The van der Waals surface area contributed by atoms with Gasteiger partial charge in [-0.2, -0.15) is 0 Å². The molecule has 0 spiro atoms. The Hall–Kier alpha value is -2.60. The first-order chi connectivity index (χ1) is 13.6. The number of carbonyl (C=O) groups excluding carboxylic acids is 2. The minimum atomic E-state index is -0.330. The quantitative estimate of drug-likeness (QED) is 0.713. The number of carbonyl (C=O) groups is 2. The Morgan fingerprint density at radius 1 is 1.07 bits per heavy atom. The van der Waals surface area contributed by atoms with Gasteiger partial charge in [-0.15, -0.1) is 0 Å². The highest BCUT2D eigenvalue weighted by molar-refractivity contribution is 6.03. The van der Waals surface area contributed by atoms with E-state index in [0.29, 0.717) is 17.8 Å². The van der Waals surface area contributed by atoms with Crippen molar-refractivity contribution in [3.05, 3.63) is 53.5 Å². The van der Waals surface area contributed by atoms with Crippen LogP contribution in [0.1, 0.15) is 58.6 Å². The first-order valence-corrected chi connectivity index (χ1v) is 10.1. The molecule has 1 aromatic heterocycles. The van der Waals surface area contributed by atoms with Crippen molar-refractivity contribution in [3.63, 3.8) is 0 Å². The molecule has 6 nitrogen and oxygen atoms in total. The van der Waals surface area contributed by atoms with E-state index in [9.17, 15) is 9.59 Å². The topological polar surface area (TPSA) is 74.6 Å². The maximum atomic E-state index is 12.5. The van der Waals surface area contributed by atoms with Gasteiger partial charge in [0.15, 0.2) is 5.76 Å². The van der Waals surface area contributed by atoms with Gasteiger partial charge in [0, 0.05) is 17.8 Å². The molecule has 0 unspecified atom stereocenters. The first kappa shape index (κ1) is 20.1. The Kier molecular flexibility index (Phi) is 7.25. The van der Waals surface area contributed by atoms with Crippen molar-refractivity contribution >= 4 is 17.5 Å². The molecule has 0 radical (unpaired) electrons. The van der Waals surface area contributed by atoms with E-state index in [0.717, 1.165) is 18.5 Å². The van der Waals surface area contributed by atoms with E-state index in [4.69, 9.17) is 4.42 Å². The lowest BCUT2D eigenvalue weighted by atomic mass is 10.1. The number of hydrogen-bond donors (Lipinski definition) is 2. The van der Waals surface area contributed by atoms with Gasteiger partial charge in [-0.05, 0) is 75.6 Å². The highest BCUT2D eigenvalue weighted by Crippen LogP contribution is 2.18. The summed E-state index contributed by atoms with van der Waals surface area (Å²) < 4.78 is 5.11. The van der Waals surface area contributed by atoms with E-state index < -0.39 is 0 Å². The van der Waals surface area contributed by atoms with Gasteiger partial charge in [-0.1, -0.05) is 18.9 Å². The monoisotopic (exact) mass is 383 g/mol. The SMILES string of the molecule is Cc1ccc(C(=O)NCCCN2CCCCCC2)cc1NC(=O)c1ccco1. The molecule has 2 heterocycles. The number of rotatable bonds is 7. The van der Waals surface area contributed by atoms with Crippen molar-refractivity contribution in [2.24, 2.45) is 0 Å². The van der Waals surface area contributed by atoms with Crippen LogP contribution in [0, 0.1) is 6.92 Å². The number of benzene rings is 1. The Labute approximate surface area is 166 Å². The average Bonchev–Trinajstić information content (AvgIpc) is 3.11. The third kappa shape index (κ3) is 5.70. The molecule has 0 saturated carbocycles. The van der Waals surface area contributed by atoms with E-state index in [2.05, 4.69) is 15.5 Å². The zero-order valence-electron chi connectivity index (χ0n) is 16.5. The van der Waals surface area contributed by atoms with Crippen LogP contribution in [0.4, 0.5) is 5.69 Å². The van der Waals surface area contributed by atoms with Crippen LogP contribution in [-0.4, -0.2) is 42.9 Å². The van der Waals surface area contributed by atoms with Crippen molar-refractivity contribution in [1.82, 2.24) is 10.2 Å². The smallest absolute Gasteiger partial charge is 0.291 e. The molecule has 0 bridgehead atoms. The van der Waals surface area contributed by atoms with Crippen LogP contribution >= 0.6 is 0 Å². The predicted octanol–water partition coefficient (Wildman–Crippen LogP) is 3.84. The molecule has 1 fully saturated rings. The number of likely N-dealkylation sites (tertiary alicyclic amines) is 1. The fourth-order valence-corrected chi connectivity index (χ4v) is 3.46. The average molecular weight is 383 g/mol. The molecule has 150 valence electrons. The number of hydrogen-bond acceptors (Lipinski definition) is 4. The maximum Gasteiger partial charge on any atom is 0.291 e. The number of aryl methyl sites for hydroxylation is 1. The fraction of sp³-hybridized carbons (Fsp3) is 0.455. The lowest BCUT2D eigenvalue weighted by molar-refractivity contribution is 0.0949. The second-order valence-corrected chi connectivity index (χ2v) is 7.33. The van der Waals surface area contributed by atoms with Gasteiger partial charge in [-0.3, -0.25) is 9.59 Å². The Balaban J connectivity index is 1.50. The van der Waals surface area contributed by atoms with Crippen LogP contribution in [0.15, 0.2) is 41.0 Å². The first-order valence-electron chi connectivity index (χ1n) is 10.1. The summed E-state index contributed by atoms with van der Waals surface area (Å²) in [5.41, 5.74) is 2.03. The molecule has 2 N–H and O–H groups in total. The molecule has 3 rings (SSSR count). The van der Waals surface area contributed by atoms with Crippen molar-refractivity contribution in [2.45, 2.75) is 39.0 Å². The largest absolute Gasteiger partial charge is 0.459 e. The highest BCUT2D eigenvalue weighted by atomic mass is 16.3. The van der Waals surface area contributed by atoms with Crippen LogP contribution in [0.2, 0.25) is 0 Å². The van der Waals surface area contributed by atoms with Crippen LogP contribution in [0.3, 0.4) is 0 Å². The van der Waals surface area contributed by atoms with E-state index in [-0.39, 0.29) is 17.6 Å². The zero-order chi connectivity index (χ0) is 19.8. The van der Waals surface area contributed by atoms with Crippen molar-refractivity contribution in [1.29, 1.82) is 0 Å². The third-order valence-corrected chi connectivity index (χ3v) is 5.13. The molecule has 2 aromatic rings. The van der Waals surface area contributed by atoms with Gasteiger partial charge in [-0.25, -0.2) is 0 Å². The van der Waals surface area contributed by atoms with E-state index in [1.54, 1.807) is 24.3 Å². The molecule has 0 atom stereocenters. The normalized spacial score (nSPS) is 15.0. The van der Waals surface area contributed by atoms with Crippen molar-refractivity contribution < 1.29 is 14.0 Å².